The Balaban J connectivity index is 2.08. The van der Waals surface area contributed by atoms with Crippen LogP contribution in [-0.4, -0.2) is 11.0 Å². The third kappa shape index (κ3) is 2.43. The summed E-state index contributed by atoms with van der Waals surface area (Å²) in [4.78, 5) is 4.41. The highest BCUT2D eigenvalue weighted by molar-refractivity contribution is 5.08. The van der Waals surface area contributed by atoms with Crippen molar-refractivity contribution in [1.29, 1.82) is 0 Å². The minimum absolute atomic E-state index is 0.362. The maximum absolute atomic E-state index is 4.41. The molecule has 3 atom stereocenters. The minimum Gasteiger partial charge on any atom is -0.308 e. The SMILES string of the molecule is CCC1(C)[C@H](NCc2ccccn2)C[C@@H](C)C1(C)C. The van der Waals surface area contributed by atoms with Crippen LogP contribution in [-0.2, 0) is 6.54 Å². The summed E-state index contributed by atoms with van der Waals surface area (Å²) in [6.45, 7) is 12.9. The molecule has 1 N–H and O–H groups in total. The van der Waals surface area contributed by atoms with Gasteiger partial charge in [-0.2, -0.15) is 0 Å². The summed E-state index contributed by atoms with van der Waals surface area (Å²) in [7, 11) is 0. The van der Waals surface area contributed by atoms with Crippen LogP contribution >= 0.6 is 0 Å². The first kappa shape index (κ1) is 14.5. The van der Waals surface area contributed by atoms with E-state index in [1.807, 2.05) is 12.3 Å². The monoisotopic (exact) mass is 260 g/mol. The van der Waals surface area contributed by atoms with Gasteiger partial charge in [0.1, 0.15) is 0 Å². The van der Waals surface area contributed by atoms with E-state index in [9.17, 15) is 0 Å². The third-order valence-electron chi connectivity index (χ3n) is 6.05. The Hall–Kier alpha value is -0.890. The average molecular weight is 260 g/mol. The summed E-state index contributed by atoms with van der Waals surface area (Å²) < 4.78 is 0. The predicted octanol–water partition coefficient (Wildman–Crippen LogP) is 4.02. The maximum atomic E-state index is 4.41. The Bertz CT molecular complexity index is 413. The molecule has 19 heavy (non-hydrogen) atoms. The van der Waals surface area contributed by atoms with Crippen LogP contribution in [0.25, 0.3) is 0 Å². The molecule has 1 aliphatic rings. The Morgan fingerprint density at radius 1 is 1.32 bits per heavy atom. The van der Waals surface area contributed by atoms with E-state index in [1.165, 1.54) is 12.8 Å². The van der Waals surface area contributed by atoms with E-state index in [0.717, 1.165) is 18.2 Å². The molecule has 0 amide bonds. The highest BCUT2D eigenvalue weighted by Crippen LogP contribution is 2.57. The van der Waals surface area contributed by atoms with Gasteiger partial charge in [-0.25, -0.2) is 0 Å². The second-order valence-corrected chi connectivity index (χ2v) is 6.88. The molecule has 1 saturated carbocycles. The first-order valence-electron chi connectivity index (χ1n) is 7.55. The van der Waals surface area contributed by atoms with Crippen molar-refractivity contribution in [3.8, 4) is 0 Å². The van der Waals surface area contributed by atoms with E-state index in [0.29, 0.717) is 16.9 Å². The predicted molar refractivity (Wildman–Crippen MR) is 80.8 cm³/mol. The number of rotatable bonds is 4. The number of hydrogen-bond acceptors (Lipinski definition) is 2. The molecule has 1 aliphatic carbocycles. The van der Waals surface area contributed by atoms with Gasteiger partial charge in [-0.05, 0) is 41.7 Å². The Labute approximate surface area is 118 Å². The van der Waals surface area contributed by atoms with Gasteiger partial charge in [0.15, 0.2) is 0 Å². The van der Waals surface area contributed by atoms with E-state index in [-0.39, 0.29) is 0 Å². The van der Waals surface area contributed by atoms with Crippen LogP contribution in [0.2, 0.25) is 0 Å². The molecule has 1 aromatic heterocycles. The van der Waals surface area contributed by atoms with Gasteiger partial charge in [0.05, 0.1) is 5.69 Å². The number of hydrogen-bond donors (Lipinski definition) is 1. The molecule has 0 saturated heterocycles. The van der Waals surface area contributed by atoms with Gasteiger partial charge in [0.25, 0.3) is 0 Å². The van der Waals surface area contributed by atoms with Crippen LogP contribution in [0.4, 0.5) is 0 Å². The van der Waals surface area contributed by atoms with Crippen LogP contribution in [0.3, 0.4) is 0 Å². The molecular formula is C17H28N2. The van der Waals surface area contributed by atoms with Crippen molar-refractivity contribution in [2.75, 3.05) is 0 Å². The van der Waals surface area contributed by atoms with Gasteiger partial charge in [0.2, 0.25) is 0 Å². The summed E-state index contributed by atoms with van der Waals surface area (Å²) in [6, 6.07) is 6.72. The zero-order valence-corrected chi connectivity index (χ0v) is 13.0. The van der Waals surface area contributed by atoms with Gasteiger partial charge >= 0.3 is 0 Å². The maximum Gasteiger partial charge on any atom is 0.0541 e. The van der Waals surface area contributed by atoms with Gasteiger partial charge in [-0.1, -0.05) is 40.7 Å². The zero-order valence-electron chi connectivity index (χ0n) is 13.0. The van der Waals surface area contributed by atoms with E-state index in [2.05, 4.69) is 57.1 Å². The highest BCUT2D eigenvalue weighted by Gasteiger charge is 2.54. The fourth-order valence-corrected chi connectivity index (χ4v) is 3.66. The van der Waals surface area contributed by atoms with E-state index < -0.39 is 0 Å². The number of nitrogens with one attached hydrogen (secondary N) is 1. The average Bonchev–Trinajstić information content (AvgIpc) is 2.58. The molecule has 1 unspecified atom stereocenters. The molecule has 0 aromatic carbocycles. The molecule has 0 bridgehead atoms. The standard InChI is InChI=1S/C17H28N2/c1-6-17(5)15(11-13(2)16(17,3)4)19-12-14-9-7-8-10-18-14/h7-10,13,15,19H,6,11-12H2,1-5H3/t13-,15-,17?/m1/s1. The fraction of sp³-hybridized carbons (Fsp3) is 0.706. The summed E-state index contributed by atoms with van der Waals surface area (Å²) in [5, 5.41) is 3.76. The van der Waals surface area contributed by atoms with Crippen molar-refractivity contribution < 1.29 is 0 Å². The Morgan fingerprint density at radius 2 is 2.05 bits per heavy atom. The molecule has 2 nitrogen and oxygen atoms in total. The van der Waals surface area contributed by atoms with Crippen molar-refractivity contribution in [3.05, 3.63) is 30.1 Å². The van der Waals surface area contributed by atoms with Crippen molar-refractivity contribution >= 4 is 0 Å². The fourth-order valence-electron chi connectivity index (χ4n) is 3.66. The molecule has 1 fully saturated rings. The number of aromatic nitrogens is 1. The van der Waals surface area contributed by atoms with Crippen LogP contribution in [0.5, 0.6) is 0 Å². The molecule has 0 radical (unpaired) electrons. The smallest absolute Gasteiger partial charge is 0.0541 e. The van der Waals surface area contributed by atoms with Gasteiger partial charge in [0, 0.05) is 18.8 Å². The topological polar surface area (TPSA) is 24.9 Å². The number of nitrogens with zero attached hydrogens (tertiary/aromatic N) is 1. The zero-order chi connectivity index (χ0) is 14.1. The molecule has 2 rings (SSSR count). The molecule has 2 heteroatoms. The van der Waals surface area contributed by atoms with Crippen molar-refractivity contribution in [2.45, 2.75) is 60.0 Å². The van der Waals surface area contributed by atoms with Crippen LogP contribution < -0.4 is 5.32 Å². The second-order valence-electron chi connectivity index (χ2n) is 6.88. The molecular weight excluding hydrogens is 232 g/mol. The van der Waals surface area contributed by atoms with E-state index >= 15 is 0 Å². The summed E-state index contributed by atoms with van der Waals surface area (Å²) in [6.07, 6.45) is 4.37. The van der Waals surface area contributed by atoms with Gasteiger partial charge in [-0.3, -0.25) is 4.98 Å². The van der Waals surface area contributed by atoms with Crippen LogP contribution in [0.1, 0.15) is 53.2 Å². The lowest BCUT2D eigenvalue weighted by molar-refractivity contribution is 0.0702. The lowest BCUT2D eigenvalue weighted by Gasteiger charge is -2.43. The van der Waals surface area contributed by atoms with E-state index in [1.54, 1.807) is 0 Å². The largest absolute Gasteiger partial charge is 0.308 e. The molecule has 1 aromatic rings. The van der Waals surface area contributed by atoms with Crippen molar-refractivity contribution in [3.63, 3.8) is 0 Å². The molecule has 0 aliphatic heterocycles. The first-order chi connectivity index (χ1) is 8.91. The molecule has 106 valence electrons. The van der Waals surface area contributed by atoms with Gasteiger partial charge in [-0.15, -0.1) is 0 Å². The Kier molecular flexibility index (Phi) is 4.00. The van der Waals surface area contributed by atoms with Crippen molar-refractivity contribution in [2.24, 2.45) is 16.7 Å². The summed E-state index contributed by atoms with van der Waals surface area (Å²) >= 11 is 0. The lowest BCUT2D eigenvalue weighted by atomic mass is 9.63. The first-order valence-corrected chi connectivity index (χ1v) is 7.55. The lowest BCUT2D eigenvalue weighted by Crippen LogP contribution is -2.45. The quantitative estimate of drug-likeness (QED) is 0.884. The summed E-state index contributed by atoms with van der Waals surface area (Å²) in [5.41, 5.74) is 1.89. The minimum atomic E-state index is 0.362. The normalized spacial score (nSPS) is 33.5. The molecule has 0 spiro atoms. The summed E-state index contributed by atoms with van der Waals surface area (Å²) in [5.74, 6) is 0.763. The highest BCUT2D eigenvalue weighted by atomic mass is 15.0. The Morgan fingerprint density at radius 3 is 2.63 bits per heavy atom. The second kappa shape index (κ2) is 5.24. The van der Waals surface area contributed by atoms with Gasteiger partial charge < -0.3 is 5.32 Å². The third-order valence-corrected chi connectivity index (χ3v) is 6.05. The molecule has 1 heterocycles. The van der Waals surface area contributed by atoms with Crippen LogP contribution in [0.15, 0.2) is 24.4 Å². The number of pyridine rings is 1. The van der Waals surface area contributed by atoms with E-state index in [4.69, 9.17) is 0 Å². The van der Waals surface area contributed by atoms with Crippen molar-refractivity contribution in [1.82, 2.24) is 10.3 Å². The van der Waals surface area contributed by atoms with Crippen LogP contribution in [0, 0.1) is 16.7 Å².